The number of rotatable bonds is 20. The molecule has 4 fully saturated rings. The maximum Gasteiger partial charge on any atom is 0.272 e. The first-order valence-electron chi connectivity index (χ1n) is 27.6. The van der Waals surface area contributed by atoms with Crippen LogP contribution in [0.25, 0.3) is 43.9 Å². The first-order valence-corrected chi connectivity index (χ1v) is 27.6. The van der Waals surface area contributed by atoms with Gasteiger partial charge in [0.1, 0.15) is 64.9 Å². The number of nitrogens with zero attached hydrogens (tertiary/aromatic N) is 19. The summed E-state index contributed by atoms with van der Waals surface area (Å²) >= 11 is 0. The van der Waals surface area contributed by atoms with Crippen LogP contribution in [0, 0.1) is 0 Å². The highest BCUT2D eigenvalue weighted by Gasteiger charge is 2.27. The summed E-state index contributed by atoms with van der Waals surface area (Å²) in [6, 6.07) is 7.26. The highest BCUT2D eigenvalue weighted by Crippen LogP contribution is 2.20. The third kappa shape index (κ3) is 14.3. The molecular formula is C53H53N27O8. The van der Waals surface area contributed by atoms with Crippen LogP contribution in [0.5, 0.6) is 0 Å². The second-order valence-electron chi connectivity index (χ2n) is 20.4. The van der Waals surface area contributed by atoms with Crippen molar-refractivity contribution in [1.29, 1.82) is 0 Å². The van der Waals surface area contributed by atoms with Crippen molar-refractivity contribution in [3.63, 3.8) is 0 Å². The van der Waals surface area contributed by atoms with Crippen LogP contribution >= 0.6 is 0 Å². The Kier molecular flexibility index (Phi) is 16.3. The minimum atomic E-state index is -0.294. The zero-order valence-electron chi connectivity index (χ0n) is 46.4. The molecule has 0 radical (unpaired) electrons. The molecular weight excluding hydrogens is 1140 g/mol. The quantitative estimate of drug-likeness (QED) is 0.0470. The van der Waals surface area contributed by atoms with Gasteiger partial charge in [0.25, 0.3) is 23.6 Å². The molecule has 4 aliphatic rings. The summed E-state index contributed by atoms with van der Waals surface area (Å²) in [6.07, 6.45) is 22.8. The number of carbonyl (C=O) groups excluding carboxylic acids is 4. The number of ether oxygens (including phenoxy) is 4. The van der Waals surface area contributed by atoms with Crippen molar-refractivity contribution in [2.24, 2.45) is 0 Å². The van der Waals surface area contributed by atoms with Crippen LogP contribution in [-0.2, 0) is 71.3 Å². The number of pyridine rings is 3. The van der Waals surface area contributed by atoms with Crippen LogP contribution in [0.1, 0.15) is 64.5 Å². The lowest BCUT2D eigenvalue weighted by Crippen LogP contribution is -2.23. The minimum Gasteiger partial charge on any atom is -0.371 e. The number of carbonyl (C=O) groups is 4. The van der Waals surface area contributed by atoms with Gasteiger partial charge in [0.2, 0.25) is 0 Å². The van der Waals surface area contributed by atoms with Crippen molar-refractivity contribution in [3.05, 3.63) is 150 Å². The second kappa shape index (κ2) is 25.6. The van der Waals surface area contributed by atoms with Crippen LogP contribution in [0.15, 0.2) is 105 Å². The largest absolute Gasteiger partial charge is 0.371 e. The number of hydrogen-bond acceptors (Lipinski definition) is 23. The molecule has 4 atom stereocenters. The molecule has 448 valence electrons. The fourth-order valence-corrected chi connectivity index (χ4v) is 8.86. The molecule has 4 amide bonds. The van der Waals surface area contributed by atoms with Gasteiger partial charge in [-0.25, -0.2) is 33.7 Å². The molecule has 4 saturated heterocycles. The number of aromatic amines is 4. The van der Waals surface area contributed by atoms with Crippen molar-refractivity contribution >= 4 is 67.5 Å². The third-order valence-electron chi connectivity index (χ3n) is 13.7. The lowest BCUT2D eigenvalue weighted by atomic mass is 10.2. The Morgan fingerprint density at radius 2 is 0.966 bits per heavy atom. The highest BCUT2D eigenvalue weighted by molar-refractivity contribution is 6.07. The molecule has 0 bridgehead atoms. The van der Waals surface area contributed by atoms with Gasteiger partial charge >= 0.3 is 0 Å². The average Bonchev–Trinajstić information content (AvgIpc) is 4.37. The Hall–Kier alpha value is -11.2. The topological polar surface area (TPSA) is 443 Å². The maximum absolute atomic E-state index is 12.3. The fourth-order valence-electron chi connectivity index (χ4n) is 8.86. The zero-order chi connectivity index (χ0) is 59.8. The molecule has 8 N–H and O–H groups in total. The van der Waals surface area contributed by atoms with E-state index in [-0.39, 0.29) is 54.6 Å². The molecule has 35 nitrogen and oxygen atoms in total. The second-order valence-corrected chi connectivity index (χ2v) is 20.4. The summed E-state index contributed by atoms with van der Waals surface area (Å²) in [5, 5.41) is 59.6. The summed E-state index contributed by atoms with van der Waals surface area (Å²) in [5.74, 6) is -0.907. The lowest BCUT2D eigenvalue weighted by Gasteiger charge is -2.01. The Bertz CT molecular complexity index is 3830. The molecule has 16 rings (SSSR count). The van der Waals surface area contributed by atoms with Crippen LogP contribution in [0.4, 0.5) is 0 Å². The van der Waals surface area contributed by atoms with Crippen LogP contribution in [0.2, 0.25) is 0 Å². The van der Waals surface area contributed by atoms with Gasteiger partial charge in [-0.15, -0.1) is 20.4 Å². The highest BCUT2D eigenvalue weighted by atomic mass is 16.6. The Labute approximate surface area is 494 Å². The number of epoxide rings is 4. The van der Waals surface area contributed by atoms with Gasteiger partial charge in [0.15, 0.2) is 11.3 Å². The molecule has 0 spiro atoms. The average molecular weight is 1200 g/mol. The van der Waals surface area contributed by atoms with Gasteiger partial charge in [-0.3, -0.25) is 39.3 Å². The summed E-state index contributed by atoms with van der Waals surface area (Å²) in [5.41, 5.74) is 7.39. The molecule has 4 aliphatic heterocycles. The summed E-state index contributed by atoms with van der Waals surface area (Å²) in [4.78, 5) is 75.0. The van der Waals surface area contributed by atoms with E-state index < -0.39 is 0 Å². The first kappa shape index (κ1) is 56.0. The van der Waals surface area contributed by atoms with E-state index in [1.54, 1.807) is 92.8 Å². The number of amides is 4. The van der Waals surface area contributed by atoms with E-state index in [4.69, 9.17) is 18.9 Å². The molecule has 88 heavy (non-hydrogen) atoms. The smallest absolute Gasteiger partial charge is 0.272 e. The number of aromatic nitrogens is 23. The lowest BCUT2D eigenvalue weighted by molar-refractivity contribution is 0.0939. The van der Waals surface area contributed by atoms with Crippen molar-refractivity contribution in [3.8, 4) is 0 Å². The third-order valence-corrected chi connectivity index (χ3v) is 13.7. The van der Waals surface area contributed by atoms with Gasteiger partial charge in [0.05, 0.1) is 131 Å². The molecule has 16 heterocycles. The number of fused-ring (bicyclic) bond motifs is 4. The van der Waals surface area contributed by atoms with Gasteiger partial charge in [0, 0.05) is 65.9 Å². The summed E-state index contributed by atoms with van der Waals surface area (Å²) in [7, 11) is 0. The molecule has 0 aromatic carbocycles. The summed E-state index contributed by atoms with van der Waals surface area (Å²) < 4.78 is 27.4. The van der Waals surface area contributed by atoms with E-state index >= 15 is 0 Å². The molecule has 0 saturated carbocycles. The maximum atomic E-state index is 12.3. The predicted octanol–water partition coefficient (Wildman–Crippen LogP) is 0.118. The Morgan fingerprint density at radius 3 is 1.51 bits per heavy atom. The van der Waals surface area contributed by atoms with E-state index in [1.165, 1.54) is 6.33 Å². The first-order chi connectivity index (χ1) is 43.2. The molecule has 35 heteroatoms. The van der Waals surface area contributed by atoms with Crippen molar-refractivity contribution in [2.45, 2.75) is 76.8 Å². The van der Waals surface area contributed by atoms with E-state index in [0.29, 0.717) is 113 Å². The number of nitrogens with one attached hydrogen (secondary N) is 8. The monoisotopic (exact) mass is 1200 g/mol. The van der Waals surface area contributed by atoms with Crippen molar-refractivity contribution in [1.82, 2.24) is 137 Å². The Balaban J connectivity index is 0.000000108. The van der Waals surface area contributed by atoms with E-state index in [0.717, 1.165) is 48.2 Å². The van der Waals surface area contributed by atoms with Gasteiger partial charge in [-0.05, 0) is 24.3 Å². The molecule has 0 aliphatic carbocycles. The van der Waals surface area contributed by atoms with Crippen LogP contribution in [0.3, 0.4) is 0 Å². The van der Waals surface area contributed by atoms with E-state index in [9.17, 15) is 19.2 Å². The number of hydrogen-bond donors (Lipinski definition) is 8. The van der Waals surface area contributed by atoms with Crippen molar-refractivity contribution < 1.29 is 38.1 Å². The normalized spacial score (nSPS) is 16.8. The Morgan fingerprint density at radius 1 is 0.489 bits per heavy atom. The van der Waals surface area contributed by atoms with Gasteiger partial charge in [-0.2, -0.15) is 10.2 Å². The molecule has 12 aromatic rings. The van der Waals surface area contributed by atoms with Crippen LogP contribution < -0.4 is 21.3 Å². The fraction of sp³-hybridized carbons (Fsp3) is 0.302. The predicted molar refractivity (Wildman–Crippen MR) is 301 cm³/mol. The summed E-state index contributed by atoms with van der Waals surface area (Å²) in [6.45, 7) is 7.10. The SMILES string of the molecule is O=C(NCc1cn(CC2CO2)nn1)c1[nH]nc2ncncc12.O=C(NCc1cn(CC2CO2)nn1)c1c[nH]c2ccncc12.O=C(NCc1cn(CC2CO2)nn1)c1c[nH]c2ncccc12.O=C(NCc1cn(CC2CO2)nn1)c1n[nH]c2ccncc12. The van der Waals surface area contributed by atoms with Gasteiger partial charge < -0.3 is 50.2 Å². The van der Waals surface area contributed by atoms with E-state index in [2.05, 4.69) is 118 Å². The van der Waals surface area contributed by atoms with Crippen LogP contribution in [-0.4, -0.2) is 190 Å². The zero-order valence-corrected chi connectivity index (χ0v) is 46.4. The van der Waals surface area contributed by atoms with Gasteiger partial charge in [-0.1, -0.05) is 20.9 Å². The standard InChI is InChI=1S/2C14H14N6O2.C13H13N7O2.C12H12N8O2/c21-14(12-5-16-13-1-2-15-4-11(12)13)17-3-9-6-20(19-18-9)7-10-8-22-10;21-14(12-5-16-13-11(12)2-1-3-15-13)17-4-9-6-20(19-18-9)7-10-8-22-10;21-13(12-10-4-14-2-1-11(10)17-18-12)15-3-8-5-20(19-16-8)6-9-7-22-9;21-12(10-9-2-13-6-15-11(9)18-17-10)14-1-7-3-20(19-16-7)4-8-5-22-8/h1-2,4-6,10,16H,3,7-8H2,(H,17,21);1-3,5-6,10H,4,7-8H2,(H,15,16)(H,17,21);1-2,4-5,9H,3,6-7H2,(H,15,21)(H,17,18);2-3,6,8H,1,4-5H2,(H,14,21)(H,13,15,17,18). The minimum absolute atomic E-state index is 0.167. The number of H-pyrrole nitrogens is 4. The molecule has 4 unspecified atom stereocenters. The van der Waals surface area contributed by atoms with Crippen molar-refractivity contribution in [2.75, 3.05) is 26.4 Å². The van der Waals surface area contributed by atoms with E-state index in [1.807, 2.05) is 24.5 Å². The molecule has 12 aromatic heterocycles.